The second-order valence-electron chi connectivity index (χ2n) is 7.30. The van der Waals surface area contributed by atoms with Crippen molar-refractivity contribution in [1.29, 1.82) is 0 Å². The number of benzene rings is 1. The SMILES string of the molecule is CCCNC1c2c(C)ccc(C(C)(C)C)c2OC1CCC. The number of aryl methyl sites for hydroxylation is 1. The van der Waals surface area contributed by atoms with Crippen LogP contribution in [-0.2, 0) is 5.41 Å². The van der Waals surface area contributed by atoms with E-state index in [1.807, 2.05) is 0 Å². The molecule has 0 aliphatic carbocycles. The van der Waals surface area contributed by atoms with Crippen LogP contribution >= 0.6 is 0 Å². The third kappa shape index (κ3) is 3.26. The maximum Gasteiger partial charge on any atom is 0.128 e. The van der Waals surface area contributed by atoms with E-state index in [-0.39, 0.29) is 11.5 Å². The van der Waals surface area contributed by atoms with Crippen LogP contribution in [-0.4, -0.2) is 12.6 Å². The molecule has 118 valence electrons. The molecule has 1 aliphatic heterocycles. The Morgan fingerprint density at radius 2 is 1.86 bits per heavy atom. The minimum absolute atomic E-state index is 0.119. The first kappa shape index (κ1) is 16.4. The minimum atomic E-state index is 0.119. The van der Waals surface area contributed by atoms with Gasteiger partial charge in [0.25, 0.3) is 0 Å². The molecular formula is C19H31NO. The molecule has 0 radical (unpaired) electrons. The summed E-state index contributed by atoms with van der Waals surface area (Å²) in [7, 11) is 0. The highest BCUT2D eigenvalue weighted by molar-refractivity contribution is 5.53. The summed E-state index contributed by atoms with van der Waals surface area (Å²) >= 11 is 0. The lowest BCUT2D eigenvalue weighted by Crippen LogP contribution is -2.31. The van der Waals surface area contributed by atoms with Crippen LogP contribution in [0.5, 0.6) is 5.75 Å². The molecule has 1 aromatic rings. The fraction of sp³-hybridized carbons (Fsp3) is 0.684. The normalized spacial score (nSPS) is 21.2. The van der Waals surface area contributed by atoms with Crippen molar-refractivity contribution < 1.29 is 4.74 Å². The second-order valence-corrected chi connectivity index (χ2v) is 7.30. The maximum atomic E-state index is 6.43. The first-order chi connectivity index (χ1) is 9.90. The van der Waals surface area contributed by atoms with E-state index in [1.54, 1.807) is 0 Å². The van der Waals surface area contributed by atoms with Gasteiger partial charge in [-0.15, -0.1) is 0 Å². The molecule has 1 heterocycles. The molecule has 0 fully saturated rings. The summed E-state index contributed by atoms with van der Waals surface area (Å²) in [5, 5.41) is 3.72. The Morgan fingerprint density at radius 1 is 1.14 bits per heavy atom. The molecule has 0 bridgehead atoms. The first-order valence-electron chi connectivity index (χ1n) is 8.44. The zero-order valence-electron chi connectivity index (χ0n) is 14.5. The standard InChI is InChI=1S/C19H31NO/c1-7-9-15-17(20-12-8-2)16-13(3)10-11-14(18(16)21-15)19(4,5)6/h10-11,15,17,20H,7-9,12H2,1-6H3. The summed E-state index contributed by atoms with van der Waals surface area (Å²) in [6.07, 6.45) is 3.70. The van der Waals surface area contributed by atoms with Crippen molar-refractivity contribution in [2.45, 2.75) is 78.4 Å². The molecule has 2 heteroatoms. The predicted molar refractivity (Wildman–Crippen MR) is 90.2 cm³/mol. The molecule has 1 N–H and O–H groups in total. The summed E-state index contributed by atoms with van der Waals surface area (Å²) in [4.78, 5) is 0. The molecule has 0 amide bonds. The third-order valence-electron chi connectivity index (χ3n) is 4.36. The molecule has 21 heavy (non-hydrogen) atoms. The van der Waals surface area contributed by atoms with Gasteiger partial charge in [-0.3, -0.25) is 0 Å². The number of hydrogen-bond acceptors (Lipinski definition) is 2. The van der Waals surface area contributed by atoms with E-state index in [2.05, 4.69) is 59.0 Å². The largest absolute Gasteiger partial charge is 0.488 e. The Bertz CT molecular complexity index is 487. The Hall–Kier alpha value is -1.02. The van der Waals surface area contributed by atoms with Gasteiger partial charge in [0.1, 0.15) is 11.9 Å². The molecule has 2 unspecified atom stereocenters. The van der Waals surface area contributed by atoms with E-state index in [0.717, 1.165) is 31.6 Å². The Kier molecular flexibility index (Phi) is 4.98. The molecule has 0 saturated heterocycles. The zero-order chi connectivity index (χ0) is 15.6. The first-order valence-corrected chi connectivity index (χ1v) is 8.44. The molecule has 0 aromatic heterocycles. The van der Waals surface area contributed by atoms with Crippen molar-refractivity contribution in [3.05, 3.63) is 28.8 Å². The van der Waals surface area contributed by atoms with Crippen LogP contribution in [0.2, 0.25) is 0 Å². The van der Waals surface area contributed by atoms with Crippen LogP contribution in [0, 0.1) is 6.92 Å². The van der Waals surface area contributed by atoms with Crippen LogP contribution in [0.3, 0.4) is 0 Å². The summed E-state index contributed by atoms with van der Waals surface area (Å²) in [6.45, 7) is 14.5. The number of hydrogen-bond donors (Lipinski definition) is 1. The smallest absolute Gasteiger partial charge is 0.128 e. The molecule has 1 aromatic carbocycles. The van der Waals surface area contributed by atoms with Crippen LogP contribution in [0.15, 0.2) is 12.1 Å². The van der Waals surface area contributed by atoms with E-state index in [9.17, 15) is 0 Å². The van der Waals surface area contributed by atoms with Gasteiger partial charge >= 0.3 is 0 Å². The summed E-state index contributed by atoms with van der Waals surface area (Å²) in [5.74, 6) is 1.15. The van der Waals surface area contributed by atoms with Gasteiger partial charge in [0.2, 0.25) is 0 Å². The van der Waals surface area contributed by atoms with E-state index < -0.39 is 0 Å². The van der Waals surface area contributed by atoms with E-state index in [4.69, 9.17) is 4.74 Å². The molecule has 1 aliphatic rings. The third-order valence-corrected chi connectivity index (χ3v) is 4.36. The highest BCUT2D eigenvalue weighted by atomic mass is 16.5. The van der Waals surface area contributed by atoms with Gasteiger partial charge < -0.3 is 10.1 Å². The van der Waals surface area contributed by atoms with Gasteiger partial charge in [-0.05, 0) is 42.9 Å². The van der Waals surface area contributed by atoms with Crippen LogP contribution in [0.1, 0.15) is 76.6 Å². The van der Waals surface area contributed by atoms with E-state index in [0.29, 0.717) is 6.04 Å². The fourth-order valence-corrected chi connectivity index (χ4v) is 3.25. The van der Waals surface area contributed by atoms with Crippen molar-refractivity contribution in [1.82, 2.24) is 5.32 Å². The average Bonchev–Trinajstić information content (AvgIpc) is 2.75. The van der Waals surface area contributed by atoms with E-state index in [1.165, 1.54) is 16.7 Å². The highest BCUT2D eigenvalue weighted by Gasteiger charge is 2.37. The topological polar surface area (TPSA) is 21.3 Å². The molecule has 2 nitrogen and oxygen atoms in total. The van der Waals surface area contributed by atoms with Gasteiger partial charge in [0, 0.05) is 5.56 Å². The van der Waals surface area contributed by atoms with Crippen molar-refractivity contribution >= 4 is 0 Å². The monoisotopic (exact) mass is 289 g/mol. The lowest BCUT2D eigenvalue weighted by atomic mass is 9.83. The Labute approximate surface area is 130 Å². The van der Waals surface area contributed by atoms with Crippen LogP contribution < -0.4 is 10.1 Å². The molecule has 2 rings (SSSR count). The zero-order valence-corrected chi connectivity index (χ0v) is 14.5. The highest BCUT2D eigenvalue weighted by Crippen LogP contribution is 2.46. The average molecular weight is 289 g/mol. The fourth-order valence-electron chi connectivity index (χ4n) is 3.25. The quantitative estimate of drug-likeness (QED) is 0.833. The van der Waals surface area contributed by atoms with Gasteiger partial charge in [0.05, 0.1) is 6.04 Å². The number of nitrogens with one attached hydrogen (secondary N) is 1. The van der Waals surface area contributed by atoms with Crippen LogP contribution in [0.25, 0.3) is 0 Å². The summed E-state index contributed by atoms with van der Waals surface area (Å²) < 4.78 is 6.43. The van der Waals surface area contributed by atoms with Crippen molar-refractivity contribution in [3.8, 4) is 5.75 Å². The molecule has 0 saturated carbocycles. The molecule has 0 spiro atoms. The van der Waals surface area contributed by atoms with Crippen LogP contribution in [0.4, 0.5) is 0 Å². The Morgan fingerprint density at radius 3 is 2.43 bits per heavy atom. The Balaban J connectivity index is 2.45. The number of ether oxygens (including phenoxy) is 1. The molecule has 2 atom stereocenters. The van der Waals surface area contributed by atoms with Gasteiger partial charge in [0.15, 0.2) is 0 Å². The minimum Gasteiger partial charge on any atom is -0.488 e. The van der Waals surface area contributed by atoms with Crippen molar-refractivity contribution in [3.63, 3.8) is 0 Å². The van der Waals surface area contributed by atoms with Gasteiger partial charge in [-0.25, -0.2) is 0 Å². The lowest BCUT2D eigenvalue weighted by Gasteiger charge is -2.23. The second kappa shape index (κ2) is 6.39. The van der Waals surface area contributed by atoms with Crippen molar-refractivity contribution in [2.24, 2.45) is 0 Å². The molecular weight excluding hydrogens is 258 g/mol. The summed E-state index contributed by atoms with van der Waals surface area (Å²) in [6, 6.07) is 4.86. The van der Waals surface area contributed by atoms with E-state index >= 15 is 0 Å². The number of fused-ring (bicyclic) bond motifs is 1. The van der Waals surface area contributed by atoms with Crippen molar-refractivity contribution in [2.75, 3.05) is 6.54 Å². The summed E-state index contributed by atoms with van der Waals surface area (Å²) in [5.41, 5.74) is 4.21. The van der Waals surface area contributed by atoms with Gasteiger partial charge in [-0.2, -0.15) is 0 Å². The maximum absolute atomic E-state index is 6.43. The lowest BCUT2D eigenvalue weighted by molar-refractivity contribution is 0.175. The predicted octanol–water partition coefficient (Wildman–Crippen LogP) is 4.89. The number of rotatable bonds is 5. The van der Waals surface area contributed by atoms with Gasteiger partial charge in [-0.1, -0.05) is 53.2 Å².